The fourth-order valence-electron chi connectivity index (χ4n) is 1.13. The van der Waals surface area contributed by atoms with E-state index in [-0.39, 0.29) is 0 Å². The van der Waals surface area contributed by atoms with Crippen LogP contribution >= 0.6 is 0 Å². The quantitative estimate of drug-likeness (QED) is 0.798. The standard InChI is InChI=1S/C8H8F4N2O2S/c9-5-2-1-3-6(10)7(5)8(11,12)4-14-17(13,15)16/h1-3,14H,4H2,(H2,13,15,16). The summed E-state index contributed by atoms with van der Waals surface area (Å²) >= 11 is 0. The fraction of sp³-hybridized carbons (Fsp3) is 0.250. The molecule has 0 saturated carbocycles. The lowest BCUT2D eigenvalue weighted by atomic mass is 10.1. The van der Waals surface area contributed by atoms with E-state index in [4.69, 9.17) is 0 Å². The Morgan fingerprint density at radius 3 is 2.12 bits per heavy atom. The van der Waals surface area contributed by atoms with Crippen LogP contribution in [0, 0.1) is 11.6 Å². The van der Waals surface area contributed by atoms with E-state index in [2.05, 4.69) is 5.14 Å². The number of hydrogen-bond acceptors (Lipinski definition) is 2. The first kappa shape index (κ1) is 13.9. The maximum absolute atomic E-state index is 13.3. The average molecular weight is 272 g/mol. The third kappa shape index (κ3) is 3.65. The van der Waals surface area contributed by atoms with Gasteiger partial charge in [0.05, 0.1) is 12.1 Å². The van der Waals surface area contributed by atoms with E-state index in [9.17, 15) is 26.0 Å². The molecular formula is C8H8F4N2O2S. The van der Waals surface area contributed by atoms with Gasteiger partial charge in [-0.15, -0.1) is 0 Å². The Hall–Kier alpha value is -1.19. The Labute approximate surface area is 94.6 Å². The third-order valence-corrected chi connectivity index (χ3v) is 2.37. The van der Waals surface area contributed by atoms with Crippen molar-refractivity contribution < 1.29 is 26.0 Å². The topological polar surface area (TPSA) is 72.2 Å². The first-order valence-corrected chi connectivity index (χ1v) is 5.78. The highest BCUT2D eigenvalue weighted by Gasteiger charge is 2.38. The summed E-state index contributed by atoms with van der Waals surface area (Å²) in [5, 5.41) is 4.44. The number of hydrogen-bond donors (Lipinski definition) is 2. The summed E-state index contributed by atoms with van der Waals surface area (Å²) in [5.74, 6) is -6.97. The number of halogens is 4. The van der Waals surface area contributed by atoms with E-state index < -0.39 is 39.9 Å². The lowest BCUT2D eigenvalue weighted by Crippen LogP contribution is -2.39. The zero-order valence-electron chi connectivity index (χ0n) is 8.25. The predicted octanol–water partition coefficient (Wildman–Crippen LogP) is 0.850. The molecule has 0 bridgehead atoms. The summed E-state index contributed by atoms with van der Waals surface area (Å²) in [5.41, 5.74) is -1.50. The molecule has 0 amide bonds. The Balaban J connectivity index is 3.05. The second kappa shape index (κ2) is 4.59. The number of benzene rings is 1. The van der Waals surface area contributed by atoms with E-state index in [0.29, 0.717) is 12.1 Å². The SMILES string of the molecule is NS(=O)(=O)NCC(F)(F)c1c(F)cccc1F. The molecule has 0 heterocycles. The van der Waals surface area contributed by atoms with Gasteiger partial charge >= 0.3 is 0 Å². The van der Waals surface area contributed by atoms with Crippen LogP contribution in [0.5, 0.6) is 0 Å². The summed E-state index contributed by atoms with van der Waals surface area (Å²) in [6.45, 7) is -1.52. The predicted molar refractivity (Wildman–Crippen MR) is 51.4 cm³/mol. The van der Waals surface area contributed by atoms with Gasteiger partial charge in [0.15, 0.2) is 0 Å². The van der Waals surface area contributed by atoms with Gasteiger partial charge in [0, 0.05) is 0 Å². The lowest BCUT2D eigenvalue weighted by molar-refractivity contribution is -0.00511. The van der Waals surface area contributed by atoms with Crippen molar-refractivity contribution in [2.75, 3.05) is 6.54 Å². The first-order chi connectivity index (χ1) is 7.63. The minimum atomic E-state index is -4.37. The van der Waals surface area contributed by atoms with E-state index in [1.165, 1.54) is 4.72 Å². The van der Waals surface area contributed by atoms with Gasteiger partial charge < -0.3 is 0 Å². The van der Waals surface area contributed by atoms with Crippen LogP contribution in [-0.2, 0) is 16.1 Å². The molecule has 3 N–H and O–H groups in total. The van der Waals surface area contributed by atoms with E-state index >= 15 is 0 Å². The summed E-state index contributed by atoms with van der Waals surface area (Å²) in [7, 11) is -4.37. The molecule has 0 aliphatic rings. The van der Waals surface area contributed by atoms with Crippen LogP contribution in [0.2, 0.25) is 0 Å². The molecule has 0 saturated heterocycles. The summed E-state index contributed by atoms with van der Waals surface area (Å²) < 4.78 is 74.9. The Morgan fingerprint density at radius 1 is 1.24 bits per heavy atom. The molecule has 4 nitrogen and oxygen atoms in total. The summed E-state index contributed by atoms with van der Waals surface area (Å²) in [6, 6.07) is 2.20. The van der Waals surface area contributed by atoms with E-state index in [0.717, 1.165) is 6.07 Å². The normalized spacial score (nSPS) is 12.8. The Kier molecular flexibility index (Phi) is 3.74. The number of alkyl halides is 2. The molecule has 0 spiro atoms. The smallest absolute Gasteiger partial charge is 0.216 e. The van der Waals surface area contributed by atoms with Crippen LogP contribution in [-0.4, -0.2) is 15.0 Å². The van der Waals surface area contributed by atoms with E-state index in [1.54, 1.807) is 0 Å². The molecule has 1 aromatic carbocycles. The highest BCUT2D eigenvalue weighted by molar-refractivity contribution is 7.87. The van der Waals surface area contributed by atoms with Gasteiger partial charge in [0.2, 0.25) is 0 Å². The summed E-state index contributed by atoms with van der Waals surface area (Å²) in [4.78, 5) is 0. The molecule has 17 heavy (non-hydrogen) atoms. The molecule has 0 aliphatic carbocycles. The maximum atomic E-state index is 13.3. The Bertz CT molecular complexity index is 498. The largest absolute Gasteiger partial charge is 0.292 e. The molecule has 1 aromatic rings. The zero-order valence-corrected chi connectivity index (χ0v) is 9.07. The van der Waals surface area contributed by atoms with Gasteiger partial charge in [-0.05, 0) is 12.1 Å². The number of nitrogens with two attached hydrogens (primary N) is 1. The highest BCUT2D eigenvalue weighted by atomic mass is 32.2. The minimum Gasteiger partial charge on any atom is -0.216 e. The van der Waals surface area contributed by atoms with Crippen LogP contribution in [0.15, 0.2) is 18.2 Å². The molecule has 0 fully saturated rings. The van der Waals surface area contributed by atoms with Crippen molar-refractivity contribution in [1.82, 2.24) is 4.72 Å². The van der Waals surface area contributed by atoms with Crippen LogP contribution in [0.4, 0.5) is 17.6 Å². The molecule has 9 heteroatoms. The lowest BCUT2D eigenvalue weighted by Gasteiger charge is -2.17. The monoisotopic (exact) mass is 272 g/mol. The van der Waals surface area contributed by atoms with Crippen molar-refractivity contribution >= 4 is 10.2 Å². The molecule has 96 valence electrons. The maximum Gasteiger partial charge on any atom is 0.292 e. The molecular weight excluding hydrogens is 264 g/mol. The summed E-state index contributed by atoms with van der Waals surface area (Å²) in [6.07, 6.45) is 0. The van der Waals surface area contributed by atoms with Crippen LogP contribution < -0.4 is 9.86 Å². The van der Waals surface area contributed by atoms with E-state index in [1.807, 2.05) is 0 Å². The number of nitrogens with one attached hydrogen (secondary N) is 1. The highest BCUT2D eigenvalue weighted by Crippen LogP contribution is 2.31. The van der Waals surface area contributed by atoms with Gasteiger partial charge in [-0.1, -0.05) is 6.07 Å². The van der Waals surface area contributed by atoms with Crippen molar-refractivity contribution in [2.45, 2.75) is 5.92 Å². The average Bonchev–Trinajstić information content (AvgIpc) is 2.13. The van der Waals surface area contributed by atoms with Crippen LogP contribution in [0.3, 0.4) is 0 Å². The van der Waals surface area contributed by atoms with Gasteiger partial charge in [-0.3, -0.25) is 0 Å². The molecule has 0 radical (unpaired) electrons. The van der Waals surface area contributed by atoms with Crippen molar-refractivity contribution in [1.29, 1.82) is 0 Å². The fourth-order valence-corrected chi connectivity index (χ4v) is 1.51. The van der Waals surface area contributed by atoms with Gasteiger partial charge in [-0.25, -0.2) is 13.9 Å². The van der Waals surface area contributed by atoms with Crippen LogP contribution in [0.25, 0.3) is 0 Å². The third-order valence-electron chi connectivity index (χ3n) is 1.82. The van der Waals surface area contributed by atoms with Crippen molar-refractivity contribution in [2.24, 2.45) is 5.14 Å². The van der Waals surface area contributed by atoms with Crippen molar-refractivity contribution in [3.05, 3.63) is 35.4 Å². The Morgan fingerprint density at radius 2 is 1.71 bits per heavy atom. The zero-order chi connectivity index (χ0) is 13.3. The van der Waals surface area contributed by atoms with Crippen LogP contribution in [0.1, 0.15) is 5.56 Å². The minimum absolute atomic E-state index is 0.642. The number of rotatable bonds is 4. The second-order valence-corrected chi connectivity index (χ2v) is 4.55. The van der Waals surface area contributed by atoms with Crippen molar-refractivity contribution in [3.63, 3.8) is 0 Å². The molecule has 0 aliphatic heterocycles. The van der Waals surface area contributed by atoms with Gasteiger partial charge in [0.1, 0.15) is 11.6 Å². The molecule has 0 aromatic heterocycles. The van der Waals surface area contributed by atoms with Crippen molar-refractivity contribution in [3.8, 4) is 0 Å². The molecule has 0 atom stereocenters. The molecule has 1 rings (SSSR count). The van der Waals surface area contributed by atoms with Gasteiger partial charge in [0.25, 0.3) is 16.1 Å². The first-order valence-electron chi connectivity index (χ1n) is 4.23. The second-order valence-electron chi connectivity index (χ2n) is 3.17. The van der Waals surface area contributed by atoms with Gasteiger partial charge in [-0.2, -0.15) is 21.9 Å². The molecule has 0 unspecified atom stereocenters.